The van der Waals surface area contributed by atoms with Crippen LogP contribution in [0.25, 0.3) is 11.8 Å². The van der Waals surface area contributed by atoms with Crippen LogP contribution in [0, 0.1) is 0 Å². The van der Waals surface area contributed by atoms with E-state index in [-0.39, 0.29) is 18.4 Å². The number of methoxy groups -OCH3 is 2. The molecule has 9 heteroatoms. The van der Waals surface area contributed by atoms with Crippen LogP contribution in [-0.2, 0) is 13.0 Å². The standard InChI is InChI=1S/C37H30N2O6S/c1-41-28-10-6-5-9-26(28)35-27-14-13-24-7-3-4-8-25(24)34(27)38-37-39(35)36(40)33(46-37)19-22-11-15-29(31(17-22)42-2)43-20-23-12-16-30-32(18-23)45-21-44-30/h3-12,15-19,35H,13-14,20-21H2,1-2H3/b33-19+/t35-/m0/s1. The van der Waals surface area contributed by atoms with Gasteiger partial charge >= 0.3 is 0 Å². The van der Waals surface area contributed by atoms with Crippen molar-refractivity contribution in [2.24, 2.45) is 4.99 Å². The molecule has 2 aliphatic heterocycles. The number of fused-ring (bicyclic) bond motifs is 4. The van der Waals surface area contributed by atoms with Crippen molar-refractivity contribution in [2.45, 2.75) is 25.5 Å². The third-order valence-electron chi connectivity index (χ3n) is 8.62. The molecule has 0 bridgehead atoms. The molecule has 0 spiro atoms. The van der Waals surface area contributed by atoms with Crippen molar-refractivity contribution in [3.05, 3.63) is 138 Å². The number of nitrogens with zero attached hydrogens (tertiary/aromatic N) is 2. The quantitative estimate of drug-likeness (QED) is 0.232. The molecule has 0 saturated heterocycles. The highest BCUT2D eigenvalue weighted by Gasteiger charge is 2.34. The Morgan fingerprint density at radius 1 is 0.891 bits per heavy atom. The largest absolute Gasteiger partial charge is 0.496 e. The van der Waals surface area contributed by atoms with Crippen LogP contribution >= 0.6 is 11.3 Å². The molecule has 0 N–H and O–H groups in total. The number of allylic oxidation sites excluding steroid dienone is 1. The summed E-state index contributed by atoms with van der Waals surface area (Å²) in [5.41, 5.74) is 7.12. The highest BCUT2D eigenvalue weighted by molar-refractivity contribution is 7.07. The van der Waals surface area contributed by atoms with Crippen molar-refractivity contribution in [3.63, 3.8) is 0 Å². The first kappa shape index (κ1) is 28.2. The number of thiazole rings is 1. The Morgan fingerprint density at radius 2 is 1.72 bits per heavy atom. The number of hydrogen-bond acceptors (Lipinski definition) is 8. The lowest BCUT2D eigenvalue weighted by atomic mass is 9.83. The Kier molecular flexibility index (Phi) is 7.10. The predicted molar refractivity (Wildman–Crippen MR) is 176 cm³/mol. The third kappa shape index (κ3) is 4.84. The zero-order chi connectivity index (χ0) is 31.2. The molecule has 0 radical (unpaired) electrons. The molecule has 0 unspecified atom stereocenters. The van der Waals surface area contributed by atoms with Gasteiger partial charge in [0, 0.05) is 11.1 Å². The molecule has 1 aliphatic carbocycles. The molecule has 8 nitrogen and oxygen atoms in total. The lowest BCUT2D eigenvalue weighted by Crippen LogP contribution is -2.39. The van der Waals surface area contributed by atoms with E-state index in [4.69, 9.17) is 28.7 Å². The maximum absolute atomic E-state index is 14.2. The SMILES string of the molecule is COc1cc(/C=c2/sc3n(c2=O)[C@@H](c2ccccc2OC)C2=C(N=3)c3ccccc3CC2)ccc1OCc1ccc2c(c1)OCO2. The van der Waals surface area contributed by atoms with Gasteiger partial charge in [-0.25, -0.2) is 4.99 Å². The highest BCUT2D eigenvalue weighted by Crippen LogP contribution is 2.43. The first-order chi connectivity index (χ1) is 22.6. The van der Waals surface area contributed by atoms with Gasteiger partial charge in [0.2, 0.25) is 6.79 Å². The van der Waals surface area contributed by atoms with Gasteiger partial charge in [-0.3, -0.25) is 9.36 Å². The van der Waals surface area contributed by atoms with Crippen molar-refractivity contribution in [1.82, 2.24) is 4.57 Å². The fourth-order valence-corrected chi connectivity index (χ4v) is 7.43. The summed E-state index contributed by atoms with van der Waals surface area (Å²) >= 11 is 1.39. The van der Waals surface area contributed by atoms with E-state index < -0.39 is 0 Å². The van der Waals surface area contributed by atoms with Crippen molar-refractivity contribution >= 4 is 23.1 Å². The monoisotopic (exact) mass is 630 g/mol. The Bertz CT molecular complexity index is 2220. The normalized spacial score (nSPS) is 16.3. The topological polar surface area (TPSA) is 80.5 Å². The van der Waals surface area contributed by atoms with Gasteiger partial charge in [0.25, 0.3) is 5.56 Å². The van der Waals surface area contributed by atoms with Gasteiger partial charge in [-0.05, 0) is 71.5 Å². The van der Waals surface area contributed by atoms with Crippen LogP contribution < -0.4 is 38.6 Å². The maximum Gasteiger partial charge on any atom is 0.271 e. The number of benzene rings is 4. The predicted octanol–water partition coefficient (Wildman–Crippen LogP) is 5.64. The summed E-state index contributed by atoms with van der Waals surface area (Å²) in [6.07, 6.45) is 3.60. The lowest BCUT2D eigenvalue weighted by molar-refractivity contribution is 0.174. The second-order valence-electron chi connectivity index (χ2n) is 11.2. The molecule has 1 atom stereocenters. The minimum atomic E-state index is -0.320. The van der Waals surface area contributed by atoms with Gasteiger partial charge in [-0.2, -0.15) is 0 Å². The Hall–Kier alpha value is -5.28. The van der Waals surface area contributed by atoms with Gasteiger partial charge < -0.3 is 23.7 Å². The van der Waals surface area contributed by atoms with Crippen molar-refractivity contribution in [3.8, 4) is 28.7 Å². The molecule has 46 heavy (non-hydrogen) atoms. The molecule has 3 heterocycles. The number of hydrogen-bond donors (Lipinski definition) is 0. The van der Waals surface area contributed by atoms with Gasteiger partial charge in [0.15, 0.2) is 27.8 Å². The van der Waals surface area contributed by atoms with E-state index in [9.17, 15) is 4.79 Å². The molecule has 3 aliphatic rings. The molecule has 8 rings (SSSR count). The summed E-state index contributed by atoms with van der Waals surface area (Å²) in [5.74, 6) is 3.36. The first-order valence-corrected chi connectivity index (χ1v) is 15.9. The summed E-state index contributed by atoms with van der Waals surface area (Å²) in [6.45, 7) is 0.561. The fourth-order valence-electron chi connectivity index (χ4n) is 6.43. The van der Waals surface area contributed by atoms with E-state index in [2.05, 4.69) is 18.2 Å². The van der Waals surface area contributed by atoms with Crippen LogP contribution in [0.4, 0.5) is 0 Å². The average molecular weight is 631 g/mol. The second-order valence-corrected chi connectivity index (χ2v) is 12.3. The zero-order valence-corrected chi connectivity index (χ0v) is 26.1. The van der Waals surface area contributed by atoms with Crippen LogP contribution in [0.2, 0.25) is 0 Å². The summed E-state index contributed by atoms with van der Waals surface area (Å²) in [6, 6.07) is 27.4. The number of para-hydroxylation sites is 1. The Labute approximate surface area is 269 Å². The molecular weight excluding hydrogens is 600 g/mol. The summed E-state index contributed by atoms with van der Waals surface area (Å²) in [5, 5.41) is 0. The third-order valence-corrected chi connectivity index (χ3v) is 9.61. The van der Waals surface area contributed by atoms with Crippen molar-refractivity contribution < 1.29 is 23.7 Å². The number of rotatable bonds is 7. The van der Waals surface area contributed by atoms with E-state index in [1.807, 2.05) is 77.4 Å². The molecule has 4 aromatic carbocycles. The minimum absolute atomic E-state index is 0.0906. The Morgan fingerprint density at radius 3 is 2.61 bits per heavy atom. The highest BCUT2D eigenvalue weighted by atomic mass is 32.1. The second kappa shape index (κ2) is 11.6. The molecule has 0 saturated carbocycles. The van der Waals surface area contributed by atoms with E-state index in [0.717, 1.165) is 57.9 Å². The van der Waals surface area contributed by atoms with Crippen LogP contribution in [-0.4, -0.2) is 25.6 Å². The zero-order valence-electron chi connectivity index (χ0n) is 25.3. The molecule has 5 aromatic rings. The lowest BCUT2D eigenvalue weighted by Gasteiger charge is -2.31. The smallest absolute Gasteiger partial charge is 0.271 e. The first-order valence-electron chi connectivity index (χ1n) is 15.1. The van der Waals surface area contributed by atoms with E-state index in [0.29, 0.717) is 33.2 Å². The summed E-state index contributed by atoms with van der Waals surface area (Å²) in [4.78, 5) is 20.0. The maximum atomic E-state index is 14.2. The number of ether oxygens (including phenoxy) is 5. The van der Waals surface area contributed by atoms with Gasteiger partial charge in [0.05, 0.1) is 30.5 Å². The minimum Gasteiger partial charge on any atom is -0.496 e. The summed E-state index contributed by atoms with van der Waals surface area (Å²) in [7, 11) is 3.28. The van der Waals surface area contributed by atoms with Gasteiger partial charge in [-0.1, -0.05) is 65.9 Å². The van der Waals surface area contributed by atoms with Crippen LogP contribution in [0.5, 0.6) is 28.7 Å². The number of aromatic nitrogens is 1. The van der Waals surface area contributed by atoms with Crippen molar-refractivity contribution in [2.75, 3.05) is 21.0 Å². The molecule has 230 valence electrons. The number of aryl methyl sites for hydroxylation is 1. The van der Waals surface area contributed by atoms with Gasteiger partial charge in [0.1, 0.15) is 12.4 Å². The molecule has 1 aromatic heterocycles. The van der Waals surface area contributed by atoms with E-state index >= 15 is 0 Å². The molecule has 0 amide bonds. The Balaban J connectivity index is 1.18. The van der Waals surface area contributed by atoms with E-state index in [1.54, 1.807) is 14.2 Å². The molecule has 0 fully saturated rings. The average Bonchev–Trinajstić information content (AvgIpc) is 3.69. The fraction of sp³-hybridized carbons (Fsp3) is 0.189. The van der Waals surface area contributed by atoms with Crippen LogP contribution in [0.1, 0.15) is 40.3 Å². The van der Waals surface area contributed by atoms with Crippen molar-refractivity contribution in [1.29, 1.82) is 0 Å². The van der Waals surface area contributed by atoms with Gasteiger partial charge in [-0.15, -0.1) is 0 Å². The summed E-state index contributed by atoms with van der Waals surface area (Å²) < 4.78 is 30.9. The van der Waals surface area contributed by atoms with Crippen LogP contribution in [0.3, 0.4) is 0 Å². The molecular formula is C37H30N2O6S. The van der Waals surface area contributed by atoms with Crippen LogP contribution in [0.15, 0.2) is 100 Å². The van der Waals surface area contributed by atoms with E-state index in [1.165, 1.54) is 16.9 Å².